The molecule has 8 heteroatoms. The molecule has 3 heterocycles. The van der Waals surface area contributed by atoms with Crippen molar-refractivity contribution in [3.63, 3.8) is 0 Å². The summed E-state index contributed by atoms with van der Waals surface area (Å²) in [5, 5.41) is 4.43. The number of carbonyl (C=O) groups excluding carboxylic acids is 1. The first-order valence-electron chi connectivity index (χ1n) is 11.8. The molecule has 3 atom stereocenters. The number of aromatic nitrogens is 2. The molecule has 1 amide bonds. The largest absolute Gasteiger partial charge is 0.494 e. The third-order valence-corrected chi connectivity index (χ3v) is 6.78. The number of imidazole rings is 1. The Morgan fingerprint density at radius 2 is 2.26 bits per heavy atom. The average Bonchev–Trinajstić information content (AvgIpc) is 3.49. The summed E-state index contributed by atoms with van der Waals surface area (Å²) < 4.78 is 13.5. The molecule has 5 rings (SSSR count). The van der Waals surface area contributed by atoms with Crippen molar-refractivity contribution >= 4 is 17.7 Å². The lowest BCUT2D eigenvalue weighted by molar-refractivity contribution is 0.0921. The van der Waals surface area contributed by atoms with Crippen LogP contribution in [0.25, 0.3) is 0 Å². The highest BCUT2D eigenvalue weighted by molar-refractivity contribution is 6.31. The molecule has 3 unspecified atom stereocenters. The van der Waals surface area contributed by atoms with Crippen LogP contribution in [0.5, 0.6) is 5.75 Å². The number of halogens is 1. The number of carbonyl (C=O) groups is 1. The minimum atomic E-state index is -0.300. The highest BCUT2D eigenvalue weighted by Crippen LogP contribution is 2.45. The van der Waals surface area contributed by atoms with E-state index in [2.05, 4.69) is 22.5 Å². The van der Waals surface area contributed by atoms with Crippen LogP contribution in [0, 0.1) is 5.92 Å². The van der Waals surface area contributed by atoms with Crippen molar-refractivity contribution < 1.29 is 14.3 Å². The van der Waals surface area contributed by atoms with E-state index in [1.54, 1.807) is 6.20 Å². The van der Waals surface area contributed by atoms with Crippen LogP contribution in [0.1, 0.15) is 31.4 Å². The van der Waals surface area contributed by atoms with Crippen molar-refractivity contribution in [2.24, 2.45) is 5.92 Å². The zero-order valence-electron chi connectivity index (χ0n) is 19.2. The van der Waals surface area contributed by atoms with Gasteiger partial charge in [-0.1, -0.05) is 35.9 Å². The zero-order chi connectivity index (χ0) is 23.5. The van der Waals surface area contributed by atoms with Gasteiger partial charge >= 0.3 is 6.09 Å². The lowest BCUT2D eigenvalue weighted by Gasteiger charge is -2.37. The van der Waals surface area contributed by atoms with Gasteiger partial charge in [-0.05, 0) is 49.1 Å². The van der Waals surface area contributed by atoms with Crippen LogP contribution in [0.4, 0.5) is 4.79 Å². The van der Waals surface area contributed by atoms with Crippen molar-refractivity contribution in [2.45, 2.75) is 38.4 Å². The molecule has 7 nitrogen and oxygen atoms in total. The van der Waals surface area contributed by atoms with Gasteiger partial charge in [0.2, 0.25) is 0 Å². The second-order valence-corrected chi connectivity index (χ2v) is 9.10. The molecule has 3 aliphatic rings. The molecule has 1 aromatic carbocycles. The first kappa shape index (κ1) is 22.6. The van der Waals surface area contributed by atoms with Gasteiger partial charge in [0.05, 0.1) is 25.6 Å². The number of hydrogen-bond acceptors (Lipinski definition) is 5. The lowest BCUT2D eigenvalue weighted by atomic mass is 9.85. The van der Waals surface area contributed by atoms with Crippen LogP contribution < -0.4 is 10.1 Å². The highest BCUT2D eigenvalue weighted by Gasteiger charge is 2.43. The normalized spacial score (nSPS) is 23.2. The molecule has 178 valence electrons. The van der Waals surface area contributed by atoms with E-state index < -0.39 is 0 Å². The maximum absolute atomic E-state index is 12.9. The van der Waals surface area contributed by atoms with E-state index in [-0.39, 0.29) is 24.1 Å². The quantitative estimate of drug-likeness (QED) is 0.577. The number of amides is 1. The summed E-state index contributed by atoms with van der Waals surface area (Å²) >= 11 is 6.32. The second-order valence-electron chi connectivity index (χ2n) is 8.67. The van der Waals surface area contributed by atoms with Gasteiger partial charge in [0.25, 0.3) is 0 Å². The highest BCUT2D eigenvalue weighted by atomic mass is 35.5. The van der Waals surface area contributed by atoms with Gasteiger partial charge in [0.1, 0.15) is 11.8 Å². The summed E-state index contributed by atoms with van der Waals surface area (Å²) in [5.74, 6) is 1.000. The van der Waals surface area contributed by atoms with Gasteiger partial charge in [-0.3, -0.25) is 4.90 Å². The molecule has 0 radical (unpaired) electrons. The molecule has 2 aliphatic heterocycles. The topological polar surface area (TPSA) is 68.6 Å². The molecule has 0 fully saturated rings. The van der Waals surface area contributed by atoms with Crippen molar-refractivity contribution in [1.29, 1.82) is 0 Å². The fraction of sp³-hybridized carbons (Fsp3) is 0.385. The van der Waals surface area contributed by atoms with Crippen LogP contribution >= 0.6 is 11.6 Å². The van der Waals surface area contributed by atoms with Gasteiger partial charge in [-0.25, -0.2) is 9.78 Å². The Morgan fingerprint density at radius 3 is 3.09 bits per heavy atom. The number of ether oxygens (including phenoxy) is 2. The Morgan fingerprint density at radius 1 is 1.35 bits per heavy atom. The minimum Gasteiger partial charge on any atom is -0.494 e. The van der Waals surface area contributed by atoms with E-state index >= 15 is 0 Å². The molecule has 0 saturated heterocycles. The fourth-order valence-electron chi connectivity index (χ4n) is 5.02. The van der Waals surface area contributed by atoms with E-state index in [1.807, 2.05) is 59.3 Å². The van der Waals surface area contributed by atoms with E-state index in [4.69, 9.17) is 21.1 Å². The van der Waals surface area contributed by atoms with Gasteiger partial charge in [-0.2, -0.15) is 0 Å². The number of hydrogen-bond donors (Lipinski definition) is 1. The van der Waals surface area contributed by atoms with Crippen molar-refractivity contribution in [2.75, 3.05) is 19.8 Å². The summed E-state index contributed by atoms with van der Waals surface area (Å²) in [5.41, 5.74) is 3.38. The standard InChI is InChI=1S/C26H29ClN4O3/c1-2-33-26(32)31-12-9-21-22-16-19(27)7-8-23(22)29-24(21)25(31)18-5-3-6-20(15-18)34-14-4-11-30-13-10-28-17-30/h3,5-8,10,13,15-17,22-23,25,29H,2,4,9,11-12,14H2,1H3. The van der Waals surface area contributed by atoms with Crippen molar-refractivity contribution in [3.8, 4) is 5.75 Å². The average molecular weight is 481 g/mol. The van der Waals surface area contributed by atoms with Crippen LogP contribution in [0.2, 0.25) is 0 Å². The number of rotatable bonds is 7. The maximum Gasteiger partial charge on any atom is 0.410 e. The number of fused-ring (bicyclic) bond motifs is 2. The molecular formula is C26H29ClN4O3. The van der Waals surface area contributed by atoms with Crippen molar-refractivity contribution in [1.82, 2.24) is 19.8 Å². The van der Waals surface area contributed by atoms with Crippen LogP contribution in [-0.4, -0.2) is 46.3 Å². The Labute approximate surface area is 204 Å². The number of allylic oxidation sites excluding steroid dienone is 2. The zero-order valence-corrected chi connectivity index (χ0v) is 19.9. The molecule has 1 aliphatic carbocycles. The Kier molecular flexibility index (Phi) is 6.63. The Hall–Kier alpha value is -3.19. The predicted molar refractivity (Wildman–Crippen MR) is 130 cm³/mol. The Balaban J connectivity index is 1.38. The third-order valence-electron chi connectivity index (χ3n) is 6.53. The molecule has 34 heavy (non-hydrogen) atoms. The van der Waals surface area contributed by atoms with Crippen LogP contribution in [-0.2, 0) is 11.3 Å². The summed E-state index contributed by atoms with van der Waals surface area (Å²) in [7, 11) is 0. The molecule has 1 N–H and O–H groups in total. The van der Waals surface area contributed by atoms with Crippen LogP contribution in [0.3, 0.4) is 0 Å². The second kappa shape index (κ2) is 9.97. The predicted octanol–water partition coefficient (Wildman–Crippen LogP) is 4.79. The minimum absolute atomic E-state index is 0.153. The molecule has 0 saturated carbocycles. The number of nitrogens with zero attached hydrogens (tertiary/aromatic N) is 3. The SMILES string of the molecule is CCOC(=O)N1CCC2=C(NC3C=CC(Cl)=CC23)C1c1cccc(OCCCn2ccnc2)c1. The van der Waals surface area contributed by atoms with Gasteiger partial charge < -0.3 is 19.4 Å². The summed E-state index contributed by atoms with van der Waals surface area (Å²) in [6.07, 6.45) is 13.0. The van der Waals surface area contributed by atoms with E-state index in [0.29, 0.717) is 19.8 Å². The smallest absolute Gasteiger partial charge is 0.410 e. The lowest BCUT2D eigenvalue weighted by Crippen LogP contribution is -2.42. The first-order chi connectivity index (χ1) is 16.6. The molecule has 2 aromatic rings. The van der Waals surface area contributed by atoms with Crippen LogP contribution in [0.15, 0.2) is 77.5 Å². The van der Waals surface area contributed by atoms with Gasteiger partial charge in [-0.15, -0.1) is 0 Å². The van der Waals surface area contributed by atoms with E-state index in [1.165, 1.54) is 5.57 Å². The molecule has 0 bridgehead atoms. The van der Waals surface area contributed by atoms with E-state index in [9.17, 15) is 4.79 Å². The van der Waals surface area contributed by atoms with Crippen molar-refractivity contribution in [3.05, 3.63) is 83.1 Å². The molecule has 0 spiro atoms. The number of aryl methyl sites for hydroxylation is 1. The van der Waals surface area contributed by atoms with Gasteiger partial charge in [0.15, 0.2) is 0 Å². The third kappa shape index (κ3) is 4.57. The first-order valence-corrected chi connectivity index (χ1v) is 12.2. The fourth-order valence-corrected chi connectivity index (χ4v) is 5.22. The monoisotopic (exact) mass is 480 g/mol. The maximum atomic E-state index is 12.9. The molecular weight excluding hydrogens is 452 g/mol. The Bertz CT molecular complexity index is 1120. The number of nitrogens with one attached hydrogen (secondary N) is 1. The van der Waals surface area contributed by atoms with E-state index in [0.717, 1.165) is 41.4 Å². The summed E-state index contributed by atoms with van der Waals surface area (Å²) in [6.45, 7) is 4.22. The molecule has 1 aromatic heterocycles. The summed E-state index contributed by atoms with van der Waals surface area (Å²) in [4.78, 5) is 18.8. The van der Waals surface area contributed by atoms with Gasteiger partial charge in [0, 0.05) is 42.1 Å². The number of benzene rings is 1. The summed E-state index contributed by atoms with van der Waals surface area (Å²) in [6, 6.07) is 7.92.